The van der Waals surface area contributed by atoms with Gasteiger partial charge in [-0.15, -0.1) is 24.0 Å². The van der Waals surface area contributed by atoms with Crippen LogP contribution in [0.2, 0.25) is 0 Å². The molecule has 1 N–H and O–H groups in total. The van der Waals surface area contributed by atoms with Gasteiger partial charge in [-0.1, -0.05) is 24.3 Å². The number of nitrogens with zero attached hydrogens (tertiary/aromatic N) is 3. The number of halogens is 1. The Kier molecular flexibility index (Phi) is 10.4. The van der Waals surface area contributed by atoms with Gasteiger partial charge in [-0.2, -0.15) is 0 Å². The minimum atomic E-state index is 0. The Morgan fingerprint density at radius 2 is 2.00 bits per heavy atom. The fourth-order valence-corrected chi connectivity index (χ4v) is 2.94. The predicted octanol–water partition coefficient (Wildman–Crippen LogP) is 2.73. The van der Waals surface area contributed by atoms with Crippen molar-refractivity contribution in [2.45, 2.75) is 33.4 Å². The number of ether oxygens (including phenoxy) is 1. The molecule has 1 fully saturated rings. The molecule has 1 aromatic rings. The summed E-state index contributed by atoms with van der Waals surface area (Å²) in [6.45, 7) is 12.8. The van der Waals surface area contributed by atoms with E-state index in [1.54, 1.807) is 0 Å². The normalized spacial score (nSPS) is 16.9. The lowest BCUT2D eigenvalue weighted by Gasteiger charge is -2.32. The van der Waals surface area contributed by atoms with Crippen LogP contribution in [0.5, 0.6) is 0 Å². The van der Waals surface area contributed by atoms with Crippen molar-refractivity contribution in [1.29, 1.82) is 0 Å². The molecule has 0 radical (unpaired) electrons. The first-order valence-electron chi connectivity index (χ1n) is 8.97. The number of guanidine groups is 1. The summed E-state index contributed by atoms with van der Waals surface area (Å²) in [6.07, 6.45) is 0. The summed E-state index contributed by atoms with van der Waals surface area (Å²) in [5.74, 6) is 0.973. The third kappa shape index (κ3) is 7.11. The van der Waals surface area contributed by atoms with Gasteiger partial charge < -0.3 is 15.0 Å². The number of rotatable bonds is 6. The molecule has 0 amide bonds. The van der Waals surface area contributed by atoms with Crippen LogP contribution in [-0.4, -0.2) is 68.2 Å². The molecular weight excluding hydrogens is 427 g/mol. The van der Waals surface area contributed by atoms with Crippen LogP contribution in [0.25, 0.3) is 0 Å². The van der Waals surface area contributed by atoms with E-state index in [0.717, 1.165) is 51.9 Å². The minimum Gasteiger partial charge on any atom is -0.379 e. The van der Waals surface area contributed by atoms with Gasteiger partial charge in [-0.3, -0.25) is 9.89 Å². The molecule has 6 heteroatoms. The summed E-state index contributed by atoms with van der Waals surface area (Å²) >= 11 is 0. The van der Waals surface area contributed by atoms with Crippen molar-refractivity contribution < 1.29 is 4.74 Å². The molecule has 1 unspecified atom stereocenters. The standard InChI is InChI=1S/C19H32N4O.HI/c1-5-20-19(21-14-17(3)23-10-12-24-13-11-23)22(4)15-18-9-7-6-8-16(18)2;/h6-9,17H,5,10-15H2,1-4H3,(H,20,21);1H. The van der Waals surface area contributed by atoms with Crippen molar-refractivity contribution in [3.63, 3.8) is 0 Å². The minimum absolute atomic E-state index is 0. The van der Waals surface area contributed by atoms with Crippen LogP contribution in [0, 0.1) is 6.92 Å². The lowest BCUT2D eigenvalue weighted by Crippen LogP contribution is -2.44. The van der Waals surface area contributed by atoms with E-state index in [1.165, 1.54) is 11.1 Å². The van der Waals surface area contributed by atoms with Crippen molar-refractivity contribution in [2.24, 2.45) is 4.99 Å². The Morgan fingerprint density at radius 3 is 2.64 bits per heavy atom. The zero-order valence-corrected chi connectivity index (χ0v) is 18.3. The van der Waals surface area contributed by atoms with Crippen LogP contribution in [0.3, 0.4) is 0 Å². The molecule has 0 bridgehead atoms. The Balaban J connectivity index is 0.00000312. The van der Waals surface area contributed by atoms with Crippen LogP contribution in [0.1, 0.15) is 25.0 Å². The molecular formula is C19H33IN4O. The topological polar surface area (TPSA) is 40.1 Å². The number of benzene rings is 1. The van der Waals surface area contributed by atoms with Crippen LogP contribution < -0.4 is 5.32 Å². The molecule has 5 nitrogen and oxygen atoms in total. The molecule has 1 aliphatic heterocycles. The van der Waals surface area contributed by atoms with Crippen molar-refractivity contribution in [1.82, 2.24) is 15.1 Å². The molecule has 0 spiro atoms. The summed E-state index contributed by atoms with van der Waals surface area (Å²) in [7, 11) is 2.10. The van der Waals surface area contributed by atoms with Gasteiger partial charge in [0.05, 0.1) is 19.8 Å². The predicted molar refractivity (Wildman–Crippen MR) is 116 cm³/mol. The number of morpholine rings is 1. The Bertz CT molecular complexity index is 532. The van der Waals surface area contributed by atoms with Gasteiger partial charge >= 0.3 is 0 Å². The van der Waals surface area contributed by atoms with Crippen molar-refractivity contribution in [2.75, 3.05) is 46.4 Å². The second-order valence-corrected chi connectivity index (χ2v) is 6.47. The van der Waals surface area contributed by atoms with E-state index in [9.17, 15) is 0 Å². The van der Waals surface area contributed by atoms with Crippen molar-refractivity contribution in [3.8, 4) is 0 Å². The average Bonchev–Trinajstić information content (AvgIpc) is 2.61. The van der Waals surface area contributed by atoms with Gasteiger partial charge in [0.25, 0.3) is 0 Å². The van der Waals surface area contributed by atoms with Gasteiger partial charge in [0.1, 0.15) is 0 Å². The van der Waals surface area contributed by atoms with Crippen molar-refractivity contribution >= 4 is 29.9 Å². The molecule has 1 heterocycles. The SMILES string of the molecule is CCNC(=NCC(C)N1CCOCC1)N(C)Cc1ccccc1C.I. The second-order valence-electron chi connectivity index (χ2n) is 6.47. The van der Waals surface area contributed by atoms with Gasteiger partial charge in [0, 0.05) is 39.3 Å². The Hall–Kier alpha value is -0.860. The molecule has 1 atom stereocenters. The molecule has 1 aliphatic rings. The summed E-state index contributed by atoms with van der Waals surface area (Å²) in [4.78, 5) is 9.53. The van der Waals surface area contributed by atoms with Gasteiger partial charge in [0.15, 0.2) is 5.96 Å². The first-order chi connectivity index (χ1) is 11.6. The second kappa shape index (κ2) is 11.7. The highest BCUT2D eigenvalue weighted by atomic mass is 127. The van der Waals surface area contributed by atoms with Gasteiger partial charge in [0.2, 0.25) is 0 Å². The molecule has 25 heavy (non-hydrogen) atoms. The highest BCUT2D eigenvalue weighted by Crippen LogP contribution is 2.10. The monoisotopic (exact) mass is 460 g/mol. The zero-order valence-electron chi connectivity index (χ0n) is 16.0. The Labute approximate surface area is 169 Å². The van der Waals surface area contributed by atoms with E-state index in [1.807, 2.05) is 0 Å². The van der Waals surface area contributed by atoms with Crippen LogP contribution >= 0.6 is 24.0 Å². The lowest BCUT2D eigenvalue weighted by molar-refractivity contribution is 0.0220. The molecule has 0 saturated carbocycles. The first-order valence-corrected chi connectivity index (χ1v) is 8.97. The largest absolute Gasteiger partial charge is 0.379 e. The fraction of sp³-hybridized carbons (Fsp3) is 0.632. The highest BCUT2D eigenvalue weighted by Gasteiger charge is 2.17. The molecule has 1 aromatic carbocycles. The summed E-state index contributed by atoms with van der Waals surface area (Å²) in [6, 6.07) is 8.97. The molecule has 0 aliphatic carbocycles. The fourth-order valence-electron chi connectivity index (χ4n) is 2.94. The maximum absolute atomic E-state index is 5.43. The average molecular weight is 460 g/mol. The lowest BCUT2D eigenvalue weighted by atomic mass is 10.1. The number of aryl methyl sites for hydroxylation is 1. The third-order valence-electron chi connectivity index (χ3n) is 4.54. The smallest absolute Gasteiger partial charge is 0.194 e. The number of aliphatic imine (C=N–C) groups is 1. The van der Waals surface area contributed by atoms with E-state index in [-0.39, 0.29) is 24.0 Å². The highest BCUT2D eigenvalue weighted by molar-refractivity contribution is 14.0. The molecule has 142 valence electrons. The zero-order chi connectivity index (χ0) is 17.4. The molecule has 1 saturated heterocycles. The van der Waals surface area contributed by atoms with E-state index in [2.05, 4.69) is 67.2 Å². The summed E-state index contributed by atoms with van der Waals surface area (Å²) in [5, 5.41) is 3.41. The molecule has 0 aromatic heterocycles. The maximum Gasteiger partial charge on any atom is 0.194 e. The van der Waals surface area contributed by atoms with Gasteiger partial charge in [-0.25, -0.2) is 0 Å². The quantitative estimate of drug-likeness (QED) is 0.403. The van der Waals surface area contributed by atoms with Crippen LogP contribution in [0.15, 0.2) is 29.3 Å². The number of hydrogen-bond acceptors (Lipinski definition) is 3. The van der Waals surface area contributed by atoms with Crippen LogP contribution in [-0.2, 0) is 11.3 Å². The maximum atomic E-state index is 5.43. The summed E-state index contributed by atoms with van der Waals surface area (Å²) < 4.78 is 5.43. The van der Waals surface area contributed by atoms with E-state index < -0.39 is 0 Å². The van der Waals surface area contributed by atoms with Crippen molar-refractivity contribution in [3.05, 3.63) is 35.4 Å². The van der Waals surface area contributed by atoms with E-state index in [4.69, 9.17) is 9.73 Å². The third-order valence-corrected chi connectivity index (χ3v) is 4.54. The van der Waals surface area contributed by atoms with Crippen LogP contribution in [0.4, 0.5) is 0 Å². The summed E-state index contributed by atoms with van der Waals surface area (Å²) in [5.41, 5.74) is 2.66. The first kappa shape index (κ1) is 22.2. The van der Waals surface area contributed by atoms with Gasteiger partial charge in [-0.05, 0) is 31.9 Å². The van der Waals surface area contributed by atoms with E-state index >= 15 is 0 Å². The molecule has 2 rings (SSSR count). The van der Waals surface area contributed by atoms with E-state index in [0.29, 0.717) is 6.04 Å². The number of hydrogen-bond donors (Lipinski definition) is 1. The Morgan fingerprint density at radius 1 is 1.32 bits per heavy atom. The number of nitrogens with one attached hydrogen (secondary N) is 1.